The summed E-state index contributed by atoms with van der Waals surface area (Å²) in [5.41, 5.74) is 6.94. The Morgan fingerprint density at radius 2 is 1.89 bits per heavy atom. The lowest BCUT2D eigenvalue weighted by Gasteiger charge is -2.12. The Morgan fingerprint density at radius 3 is 2.71 bits per heavy atom. The molecule has 6 heteroatoms. The Hall–Kier alpha value is -2.63. The first-order valence-corrected chi connectivity index (χ1v) is 11.2. The number of hydrogen-bond donors (Lipinski definition) is 1. The van der Waals surface area contributed by atoms with Crippen molar-refractivity contribution in [1.29, 1.82) is 0 Å². The SMILES string of the molecule is CS(=O)(=O)Nc1cccc(/C=C2\c3ccc(Cl)cc3CCc3ncccc32)c1. The zero-order valence-corrected chi connectivity index (χ0v) is 16.9. The Balaban J connectivity index is 1.88. The first-order chi connectivity index (χ1) is 13.4. The second-order valence-corrected chi connectivity index (χ2v) is 9.04. The van der Waals surface area contributed by atoms with Crippen molar-refractivity contribution in [2.24, 2.45) is 0 Å². The van der Waals surface area contributed by atoms with E-state index in [4.69, 9.17) is 11.6 Å². The van der Waals surface area contributed by atoms with Crippen LogP contribution in [0.3, 0.4) is 0 Å². The number of aryl methyl sites for hydroxylation is 2. The van der Waals surface area contributed by atoms with Crippen molar-refractivity contribution in [2.75, 3.05) is 11.0 Å². The number of benzene rings is 2. The van der Waals surface area contributed by atoms with Gasteiger partial charge >= 0.3 is 0 Å². The van der Waals surface area contributed by atoms with Crippen LogP contribution in [0.15, 0.2) is 60.8 Å². The minimum Gasteiger partial charge on any atom is -0.284 e. The van der Waals surface area contributed by atoms with Crippen LogP contribution in [0, 0.1) is 0 Å². The van der Waals surface area contributed by atoms with Gasteiger partial charge in [-0.2, -0.15) is 0 Å². The summed E-state index contributed by atoms with van der Waals surface area (Å²) in [6, 6.07) is 17.3. The highest BCUT2D eigenvalue weighted by molar-refractivity contribution is 7.92. The fourth-order valence-corrected chi connectivity index (χ4v) is 4.29. The highest BCUT2D eigenvalue weighted by atomic mass is 35.5. The molecular weight excluding hydrogens is 392 g/mol. The zero-order chi connectivity index (χ0) is 19.7. The first-order valence-electron chi connectivity index (χ1n) is 8.92. The molecule has 1 heterocycles. The van der Waals surface area contributed by atoms with E-state index in [1.165, 1.54) is 5.56 Å². The van der Waals surface area contributed by atoms with Crippen LogP contribution in [0.1, 0.15) is 27.9 Å². The minimum absolute atomic E-state index is 0.535. The molecule has 0 amide bonds. The van der Waals surface area contributed by atoms with Gasteiger partial charge in [0.05, 0.1) is 6.26 Å². The number of hydrogen-bond acceptors (Lipinski definition) is 3. The molecule has 0 saturated carbocycles. The summed E-state index contributed by atoms with van der Waals surface area (Å²) in [6.45, 7) is 0. The van der Waals surface area contributed by atoms with Crippen molar-refractivity contribution >= 4 is 39.0 Å². The maximum atomic E-state index is 11.6. The first kappa shape index (κ1) is 18.7. The van der Waals surface area contributed by atoms with Crippen molar-refractivity contribution in [1.82, 2.24) is 4.98 Å². The lowest BCUT2D eigenvalue weighted by atomic mass is 9.93. The van der Waals surface area contributed by atoms with E-state index in [9.17, 15) is 8.42 Å². The predicted molar refractivity (Wildman–Crippen MR) is 115 cm³/mol. The molecule has 1 aliphatic carbocycles. The van der Waals surface area contributed by atoms with Gasteiger partial charge in [0, 0.05) is 28.2 Å². The molecule has 0 unspecified atom stereocenters. The predicted octanol–water partition coefficient (Wildman–Crippen LogP) is 4.79. The van der Waals surface area contributed by atoms with Gasteiger partial charge in [-0.3, -0.25) is 9.71 Å². The molecular formula is C22H19ClN2O2S. The third kappa shape index (κ3) is 4.11. The molecule has 142 valence electrons. The molecule has 28 heavy (non-hydrogen) atoms. The molecule has 1 N–H and O–H groups in total. The summed E-state index contributed by atoms with van der Waals surface area (Å²) < 4.78 is 25.6. The summed E-state index contributed by atoms with van der Waals surface area (Å²) in [5, 5.41) is 0.719. The summed E-state index contributed by atoms with van der Waals surface area (Å²) in [4.78, 5) is 4.58. The van der Waals surface area contributed by atoms with E-state index >= 15 is 0 Å². The number of aromatic nitrogens is 1. The Bertz CT molecular complexity index is 1190. The Labute approximate surface area is 170 Å². The van der Waals surface area contributed by atoms with E-state index in [2.05, 4.69) is 21.8 Å². The molecule has 0 spiro atoms. The zero-order valence-electron chi connectivity index (χ0n) is 15.3. The molecule has 2 aromatic carbocycles. The molecule has 4 rings (SSSR count). The number of nitrogens with zero attached hydrogens (tertiary/aromatic N) is 1. The number of halogens is 1. The van der Waals surface area contributed by atoms with Gasteiger partial charge in [0.2, 0.25) is 10.0 Å². The van der Waals surface area contributed by atoms with Crippen LogP contribution in [-0.2, 0) is 22.9 Å². The van der Waals surface area contributed by atoms with E-state index < -0.39 is 10.0 Å². The van der Waals surface area contributed by atoms with Crippen molar-refractivity contribution in [3.8, 4) is 0 Å². The largest absolute Gasteiger partial charge is 0.284 e. The summed E-state index contributed by atoms with van der Waals surface area (Å²) in [6.07, 6.45) is 6.75. The lowest BCUT2D eigenvalue weighted by molar-refractivity contribution is 0.607. The topological polar surface area (TPSA) is 59.1 Å². The van der Waals surface area contributed by atoms with E-state index in [1.54, 1.807) is 6.07 Å². The van der Waals surface area contributed by atoms with E-state index in [1.807, 2.05) is 48.7 Å². The number of rotatable bonds is 3. The second-order valence-electron chi connectivity index (χ2n) is 6.86. The highest BCUT2D eigenvalue weighted by Crippen LogP contribution is 2.35. The summed E-state index contributed by atoms with van der Waals surface area (Å²) >= 11 is 6.23. The maximum Gasteiger partial charge on any atom is 0.229 e. The molecule has 0 radical (unpaired) electrons. The number of anilines is 1. The van der Waals surface area contributed by atoms with Crippen LogP contribution in [0.2, 0.25) is 5.02 Å². The number of pyridine rings is 1. The van der Waals surface area contributed by atoms with Gasteiger partial charge < -0.3 is 0 Å². The minimum atomic E-state index is -3.33. The van der Waals surface area contributed by atoms with Crippen LogP contribution < -0.4 is 4.72 Å². The average Bonchev–Trinajstić information content (AvgIpc) is 2.78. The number of nitrogens with one attached hydrogen (secondary N) is 1. The summed E-state index contributed by atoms with van der Waals surface area (Å²) in [7, 11) is -3.33. The van der Waals surface area contributed by atoms with Gasteiger partial charge in [-0.1, -0.05) is 35.9 Å². The van der Waals surface area contributed by atoms with Crippen molar-refractivity contribution in [2.45, 2.75) is 12.8 Å². The molecule has 1 aliphatic rings. The van der Waals surface area contributed by atoms with Crippen molar-refractivity contribution in [3.63, 3.8) is 0 Å². The highest BCUT2D eigenvalue weighted by Gasteiger charge is 2.19. The standard InChI is InChI=1S/C22H19ClN2O2S/c1-28(26,27)25-18-5-2-4-15(12-18)13-21-19-9-8-17(23)14-16(19)7-10-22-20(21)6-3-11-24-22/h2-6,8-9,11-14,25H,7,10H2,1H3/b21-13+. The van der Waals surface area contributed by atoms with E-state index in [0.29, 0.717) is 5.69 Å². The van der Waals surface area contributed by atoms with Gasteiger partial charge in [0.15, 0.2) is 0 Å². The summed E-state index contributed by atoms with van der Waals surface area (Å²) in [5.74, 6) is 0. The molecule has 1 aromatic heterocycles. The fraction of sp³-hybridized carbons (Fsp3) is 0.136. The quantitative estimate of drug-likeness (QED) is 0.675. The molecule has 4 nitrogen and oxygen atoms in total. The van der Waals surface area contributed by atoms with Gasteiger partial charge in [-0.25, -0.2) is 8.42 Å². The third-order valence-electron chi connectivity index (χ3n) is 4.67. The molecule has 0 fully saturated rings. The number of sulfonamides is 1. The smallest absolute Gasteiger partial charge is 0.229 e. The lowest BCUT2D eigenvalue weighted by Crippen LogP contribution is -2.09. The normalized spacial score (nSPS) is 14.9. The van der Waals surface area contributed by atoms with Crippen molar-refractivity contribution in [3.05, 3.63) is 93.8 Å². The van der Waals surface area contributed by atoms with E-state index in [0.717, 1.165) is 52.1 Å². The molecule has 3 aromatic rings. The Morgan fingerprint density at radius 1 is 1.04 bits per heavy atom. The van der Waals surface area contributed by atoms with Crippen LogP contribution in [-0.4, -0.2) is 19.7 Å². The monoisotopic (exact) mass is 410 g/mol. The number of fused-ring (bicyclic) bond motifs is 2. The van der Waals surface area contributed by atoms with Crippen LogP contribution in [0.5, 0.6) is 0 Å². The van der Waals surface area contributed by atoms with Crippen LogP contribution >= 0.6 is 11.6 Å². The molecule has 0 atom stereocenters. The van der Waals surface area contributed by atoms with Gasteiger partial charge in [0.25, 0.3) is 0 Å². The molecule has 0 saturated heterocycles. The Kier molecular flexibility index (Phi) is 4.96. The van der Waals surface area contributed by atoms with Gasteiger partial charge in [-0.05, 0) is 71.5 Å². The van der Waals surface area contributed by atoms with Gasteiger partial charge in [0.1, 0.15) is 0 Å². The van der Waals surface area contributed by atoms with Crippen molar-refractivity contribution < 1.29 is 8.42 Å². The fourth-order valence-electron chi connectivity index (χ4n) is 3.54. The second kappa shape index (κ2) is 7.41. The van der Waals surface area contributed by atoms with E-state index in [-0.39, 0.29) is 0 Å². The average molecular weight is 411 g/mol. The van der Waals surface area contributed by atoms with Gasteiger partial charge in [-0.15, -0.1) is 0 Å². The molecule has 0 aliphatic heterocycles. The third-order valence-corrected chi connectivity index (χ3v) is 5.51. The van der Waals surface area contributed by atoms with Crippen LogP contribution in [0.4, 0.5) is 5.69 Å². The van der Waals surface area contributed by atoms with Crippen LogP contribution in [0.25, 0.3) is 11.6 Å². The maximum absolute atomic E-state index is 11.6. The molecule has 0 bridgehead atoms.